The maximum atomic E-state index is 14.2. The van der Waals surface area contributed by atoms with E-state index in [0.29, 0.717) is 16.5 Å². The summed E-state index contributed by atoms with van der Waals surface area (Å²) in [4.78, 5) is 12.1. The zero-order valence-electron chi connectivity index (χ0n) is 20.5. The monoisotopic (exact) mass is 558 g/mol. The van der Waals surface area contributed by atoms with Gasteiger partial charge in [0.2, 0.25) is 0 Å². The number of nitrogens with zero attached hydrogens (tertiary/aromatic N) is 4. The van der Waals surface area contributed by atoms with Gasteiger partial charge in [0.15, 0.2) is 34.5 Å². The average molecular weight is 559 g/mol. The summed E-state index contributed by atoms with van der Waals surface area (Å²) < 4.78 is 63.2. The van der Waals surface area contributed by atoms with Crippen LogP contribution in [0, 0.1) is 29.5 Å². The van der Waals surface area contributed by atoms with Crippen molar-refractivity contribution in [2.45, 2.75) is 26.5 Å². The van der Waals surface area contributed by atoms with Crippen molar-refractivity contribution in [3.05, 3.63) is 105 Å². The Kier molecular flexibility index (Phi) is 8.10. The summed E-state index contributed by atoms with van der Waals surface area (Å²) in [6.45, 7) is 1.89. The lowest BCUT2D eigenvalue weighted by atomic mass is 9.97. The Morgan fingerprint density at radius 1 is 1.03 bits per heavy atom. The van der Waals surface area contributed by atoms with Gasteiger partial charge < -0.3 is 19.0 Å². The smallest absolute Gasteiger partial charge is 0.194 e. The first-order valence-electron chi connectivity index (χ1n) is 11.5. The number of amidine groups is 1. The SMILES string of the molecule is C.COc1cc(/C=C/C2=NOC(c3ccc(F)s3)[C@H](c3cc(F)c(F)c(F)c3)N2C)ccc1-n1cnc(C)c1. The molecule has 2 atom stereocenters. The molecule has 3 heterocycles. The first-order chi connectivity index (χ1) is 18.2. The van der Waals surface area contributed by atoms with E-state index in [1.165, 1.54) is 12.1 Å². The van der Waals surface area contributed by atoms with Crippen molar-refractivity contribution in [2.24, 2.45) is 5.16 Å². The van der Waals surface area contributed by atoms with Gasteiger partial charge >= 0.3 is 0 Å². The summed E-state index contributed by atoms with van der Waals surface area (Å²) in [6.07, 6.45) is 6.15. The maximum Gasteiger partial charge on any atom is 0.194 e. The molecule has 0 amide bonds. The number of rotatable bonds is 6. The first-order valence-corrected chi connectivity index (χ1v) is 12.3. The largest absolute Gasteiger partial charge is 0.495 e. The Morgan fingerprint density at radius 3 is 2.38 bits per heavy atom. The van der Waals surface area contributed by atoms with Gasteiger partial charge in [0, 0.05) is 13.2 Å². The van der Waals surface area contributed by atoms with E-state index in [-0.39, 0.29) is 13.0 Å². The Morgan fingerprint density at radius 2 is 1.77 bits per heavy atom. The highest BCUT2D eigenvalue weighted by molar-refractivity contribution is 7.10. The van der Waals surface area contributed by atoms with E-state index in [4.69, 9.17) is 9.57 Å². The van der Waals surface area contributed by atoms with Gasteiger partial charge in [-0.05, 0) is 60.5 Å². The molecule has 11 heteroatoms. The molecular formula is C28H26F4N4O2S. The van der Waals surface area contributed by atoms with Crippen molar-refractivity contribution in [1.82, 2.24) is 14.5 Å². The summed E-state index contributed by atoms with van der Waals surface area (Å²) in [5.74, 6) is -3.27. The Hall–Kier alpha value is -4.12. The second kappa shape index (κ2) is 11.3. The molecular weight excluding hydrogens is 532 g/mol. The van der Waals surface area contributed by atoms with Gasteiger partial charge in [0.1, 0.15) is 11.8 Å². The number of aryl methyl sites for hydroxylation is 1. The van der Waals surface area contributed by atoms with Crippen LogP contribution in [0.3, 0.4) is 0 Å². The summed E-state index contributed by atoms with van der Waals surface area (Å²) >= 11 is 0.835. The van der Waals surface area contributed by atoms with E-state index >= 15 is 0 Å². The first kappa shape index (κ1) is 27.9. The fourth-order valence-corrected chi connectivity index (χ4v) is 5.08. The van der Waals surface area contributed by atoms with Crippen LogP contribution < -0.4 is 4.74 Å². The third-order valence-electron chi connectivity index (χ3n) is 6.17. The standard InChI is InChI=1S/C27H22F4N4O2S.CH4/c1-15-13-35(14-32-15)20-6-4-16(10-21(20)36-3)5-9-24-33-37-27(22-7-8-23(30)38-22)26(34(24)2)17-11-18(28)25(31)19(29)12-17;/h4-14,26-27H,1-3H3;1H4/b9-5+;/t26-,27?;/m0./s1. The summed E-state index contributed by atoms with van der Waals surface area (Å²) in [5, 5.41) is 3.73. The van der Waals surface area contributed by atoms with Crippen molar-refractivity contribution in [1.29, 1.82) is 0 Å². The van der Waals surface area contributed by atoms with Crippen molar-refractivity contribution in [2.75, 3.05) is 14.2 Å². The molecule has 0 bridgehead atoms. The van der Waals surface area contributed by atoms with Crippen LogP contribution in [0.5, 0.6) is 5.75 Å². The van der Waals surface area contributed by atoms with Crippen LogP contribution >= 0.6 is 11.3 Å². The number of aromatic nitrogens is 2. The fraction of sp³-hybridized carbons (Fsp3) is 0.214. The molecule has 1 aliphatic rings. The number of likely N-dealkylation sites (N-methyl/N-ethyl adjacent to an activating group) is 1. The van der Waals surface area contributed by atoms with Crippen LogP contribution in [0.2, 0.25) is 0 Å². The topological polar surface area (TPSA) is 51.9 Å². The highest BCUT2D eigenvalue weighted by Crippen LogP contribution is 2.42. The van der Waals surface area contributed by atoms with Crippen LogP contribution in [0.15, 0.2) is 66.2 Å². The van der Waals surface area contributed by atoms with Crippen LogP contribution in [-0.2, 0) is 4.84 Å². The zero-order valence-corrected chi connectivity index (χ0v) is 21.3. The van der Waals surface area contributed by atoms with Gasteiger partial charge in [-0.25, -0.2) is 18.2 Å². The molecule has 4 aromatic rings. The number of benzene rings is 2. The molecule has 0 spiro atoms. The van der Waals surface area contributed by atoms with E-state index in [1.54, 1.807) is 37.5 Å². The van der Waals surface area contributed by atoms with E-state index < -0.39 is 34.7 Å². The number of hydrogen-bond acceptors (Lipinski definition) is 6. The fourth-order valence-electron chi connectivity index (χ4n) is 4.29. The van der Waals surface area contributed by atoms with Crippen molar-refractivity contribution >= 4 is 23.2 Å². The lowest BCUT2D eigenvalue weighted by molar-refractivity contribution is -0.0120. The minimum absolute atomic E-state index is 0. The van der Waals surface area contributed by atoms with Gasteiger partial charge in [-0.15, -0.1) is 11.3 Å². The maximum absolute atomic E-state index is 14.2. The van der Waals surface area contributed by atoms with Gasteiger partial charge in [0.25, 0.3) is 0 Å². The number of oxime groups is 1. The van der Waals surface area contributed by atoms with Gasteiger partial charge in [-0.3, -0.25) is 0 Å². The lowest BCUT2D eigenvalue weighted by Gasteiger charge is -2.37. The number of imidazole rings is 1. The molecule has 2 aromatic carbocycles. The summed E-state index contributed by atoms with van der Waals surface area (Å²) in [6, 6.07) is 9.40. The molecule has 0 fully saturated rings. The van der Waals surface area contributed by atoms with E-state index in [2.05, 4.69) is 10.1 Å². The number of methoxy groups -OCH3 is 1. The Labute approximate surface area is 227 Å². The molecule has 2 aromatic heterocycles. The van der Waals surface area contributed by atoms with E-state index in [0.717, 1.165) is 40.4 Å². The van der Waals surface area contributed by atoms with E-state index in [9.17, 15) is 17.6 Å². The van der Waals surface area contributed by atoms with Crippen molar-refractivity contribution in [3.8, 4) is 11.4 Å². The predicted octanol–water partition coefficient (Wildman–Crippen LogP) is 7.21. The molecule has 204 valence electrons. The molecule has 0 aliphatic carbocycles. The molecule has 0 radical (unpaired) electrons. The van der Waals surface area contributed by atoms with Crippen molar-refractivity contribution in [3.63, 3.8) is 0 Å². The minimum atomic E-state index is -1.57. The Balaban J connectivity index is 0.00000353. The second-order valence-electron chi connectivity index (χ2n) is 8.66. The highest BCUT2D eigenvalue weighted by atomic mass is 32.1. The van der Waals surface area contributed by atoms with Gasteiger partial charge in [-0.2, -0.15) is 4.39 Å². The molecule has 0 saturated heterocycles. The molecule has 5 rings (SSSR count). The molecule has 0 N–H and O–H groups in total. The molecule has 0 saturated carbocycles. The number of ether oxygens (including phenoxy) is 1. The Bertz CT molecular complexity index is 1530. The third-order valence-corrected chi connectivity index (χ3v) is 7.10. The van der Waals surface area contributed by atoms with Crippen molar-refractivity contribution < 1.29 is 27.1 Å². The number of halogens is 4. The second-order valence-corrected chi connectivity index (χ2v) is 9.72. The number of hydrogen-bond donors (Lipinski definition) is 0. The van der Waals surface area contributed by atoms with Crippen LogP contribution in [0.1, 0.15) is 41.3 Å². The lowest BCUT2D eigenvalue weighted by Crippen LogP contribution is -2.38. The predicted molar refractivity (Wildman–Crippen MR) is 143 cm³/mol. The zero-order chi connectivity index (χ0) is 27.0. The minimum Gasteiger partial charge on any atom is -0.495 e. The van der Waals surface area contributed by atoms with Crippen LogP contribution in [0.25, 0.3) is 11.8 Å². The summed E-state index contributed by atoms with van der Waals surface area (Å²) in [7, 11) is 3.24. The van der Waals surface area contributed by atoms with Crippen LogP contribution in [0.4, 0.5) is 17.6 Å². The molecule has 39 heavy (non-hydrogen) atoms. The van der Waals surface area contributed by atoms with Crippen LogP contribution in [-0.4, -0.2) is 34.4 Å². The van der Waals surface area contributed by atoms with E-state index in [1.807, 2.05) is 35.9 Å². The third kappa shape index (κ3) is 5.53. The molecule has 1 unspecified atom stereocenters. The average Bonchev–Trinajstić information content (AvgIpc) is 3.53. The highest BCUT2D eigenvalue weighted by Gasteiger charge is 2.37. The summed E-state index contributed by atoms with van der Waals surface area (Å²) in [5.41, 5.74) is 2.59. The molecule has 1 aliphatic heterocycles. The van der Waals surface area contributed by atoms with Gasteiger partial charge in [0.05, 0.1) is 29.7 Å². The number of thiophene rings is 1. The van der Waals surface area contributed by atoms with Gasteiger partial charge in [-0.1, -0.05) is 24.7 Å². The quantitative estimate of drug-likeness (QED) is 0.185. The normalized spacial score (nSPS) is 17.1. The molecule has 6 nitrogen and oxygen atoms in total.